The van der Waals surface area contributed by atoms with Crippen molar-refractivity contribution in [2.45, 2.75) is 36.0 Å². The molecule has 2 aliphatic rings. The van der Waals surface area contributed by atoms with Crippen LogP contribution in [0.15, 0.2) is 46.2 Å². The van der Waals surface area contributed by atoms with Gasteiger partial charge in [0.05, 0.1) is 11.4 Å². The molecule has 4 rings (SSSR count). The number of nitrogens with zero attached hydrogens (tertiary/aromatic N) is 1. The van der Waals surface area contributed by atoms with Gasteiger partial charge >= 0.3 is 0 Å². The van der Waals surface area contributed by atoms with Gasteiger partial charge in [-0.25, -0.2) is 0 Å². The summed E-state index contributed by atoms with van der Waals surface area (Å²) < 4.78 is 0. The van der Waals surface area contributed by atoms with Crippen molar-refractivity contribution in [3.63, 3.8) is 0 Å². The second kappa shape index (κ2) is 5.98. The largest absolute Gasteiger partial charge is 0.353 e. The van der Waals surface area contributed by atoms with Crippen molar-refractivity contribution in [1.82, 2.24) is 4.90 Å². The third-order valence-corrected chi connectivity index (χ3v) is 5.79. The topological polar surface area (TPSA) is 15.3 Å². The van der Waals surface area contributed by atoms with E-state index in [9.17, 15) is 0 Å². The first-order valence-electron chi connectivity index (χ1n) is 8.19. The van der Waals surface area contributed by atoms with E-state index < -0.39 is 0 Å². The van der Waals surface area contributed by atoms with E-state index in [-0.39, 0.29) is 0 Å². The fraction of sp³-hybridized carbons (Fsp3) is 0.368. The van der Waals surface area contributed by atoms with E-state index >= 15 is 0 Å². The molecule has 0 bridgehead atoms. The molecule has 2 aromatic rings. The molecule has 1 saturated heterocycles. The normalized spacial score (nSPS) is 17.0. The van der Waals surface area contributed by atoms with E-state index in [0.29, 0.717) is 0 Å². The molecule has 0 aromatic heterocycles. The number of hydrogen-bond donors (Lipinski definition) is 1. The molecule has 2 aliphatic heterocycles. The molecular weight excluding hydrogens is 288 g/mol. The lowest BCUT2D eigenvalue weighted by Crippen LogP contribution is -2.21. The third-order valence-electron chi connectivity index (χ3n) is 4.68. The van der Waals surface area contributed by atoms with Gasteiger partial charge in [-0.1, -0.05) is 30.0 Å². The van der Waals surface area contributed by atoms with Crippen LogP contribution in [0.1, 0.15) is 24.0 Å². The zero-order valence-electron chi connectivity index (χ0n) is 13.1. The molecule has 0 atom stereocenters. The minimum atomic E-state index is 1.16. The van der Waals surface area contributed by atoms with Crippen molar-refractivity contribution in [3.05, 3.63) is 47.5 Å². The van der Waals surface area contributed by atoms with Crippen molar-refractivity contribution >= 4 is 23.1 Å². The molecule has 0 saturated carbocycles. The summed E-state index contributed by atoms with van der Waals surface area (Å²) in [5.74, 6) is 0. The van der Waals surface area contributed by atoms with Crippen LogP contribution in [0.2, 0.25) is 0 Å². The fourth-order valence-corrected chi connectivity index (χ4v) is 4.48. The SMILES string of the molecule is Cc1cccc2c1Nc1ccc(CCN3CCCC3)cc1S2. The maximum atomic E-state index is 3.60. The highest BCUT2D eigenvalue weighted by atomic mass is 32.2. The smallest absolute Gasteiger partial charge is 0.0556 e. The summed E-state index contributed by atoms with van der Waals surface area (Å²) in [7, 11) is 0. The first kappa shape index (κ1) is 14.2. The van der Waals surface area contributed by atoms with Crippen LogP contribution in [0.4, 0.5) is 11.4 Å². The Hall–Kier alpha value is -1.45. The number of rotatable bonds is 3. The Morgan fingerprint density at radius 1 is 1.09 bits per heavy atom. The Bertz CT molecular complexity index is 690. The lowest BCUT2D eigenvalue weighted by atomic mass is 10.1. The van der Waals surface area contributed by atoms with Crippen LogP contribution in [0.5, 0.6) is 0 Å². The number of nitrogens with one attached hydrogen (secondary N) is 1. The standard InChI is InChI=1S/C19H22N2S/c1-14-5-4-6-17-19(14)20-16-8-7-15(13-18(16)22-17)9-12-21-10-2-3-11-21/h4-8,13,20H,2-3,9-12H2,1H3. The first-order chi connectivity index (χ1) is 10.8. The third kappa shape index (κ3) is 2.75. The van der Waals surface area contributed by atoms with E-state index in [0.717, 1.165) is 6.42 Å². The number of aryl methyl sites for hydroxylation is 1. The number of fused-ring (bicyclic) bond motifs is 2. The predicted molar refractivity (Wildman–Crippen MR) is 94.4 cm³/mol. The van der Waals surface area contributed by atoms with Gasteiger partial charge in [-0.05, 0) is 68.6 Å². The molecular formula is C19H22N2S. The molecule has 2 heterocycles. The molecule has 0 radical (unpaired) electrons. The quantitative estimate of drug-likeness (QED) is 0.745. The second-order valence-corrected chi connectivity index (χ2v) is 7.39. The molecule has 2 nitrogen and oxygen atoms in total. The van der Waals surface area contributed by atoms with Crippen LogP contribution in [-0.4, -0.2) is 24.5 Å². The highest BCUT2D eigenvalue weighted by molar-refractivity contribution is 7.99. The van der Waals surface area contributed by atoms with Gasteiger partial charge in [-0.3, -0.25) is 0 Å². The van der Waals surface area contributed by atoms with Gasteiger partial charge in [0.1, 0.15) is 0 Å². The van der Waals surface area contributed by atoms with E-state index in [4.69, 9.17) is 0 Å². The summed E-state index contributed by atoms with van der Waals surface area (Å²) in [5, 5.41) is 3.60. The van der Waals surface area contributed by atoms with Gasteiger partial charge in [0.2, 0.25) is 0 Å². The maximum absolute atomic E-state index is 3.60. The van der Waals surface area contributed by atoms with Gasteiger partial charge in [0, 0.05) is 16.3 Å². The van der Waals surface area contributed by atoms with Crippen LogP contribution >= 0.6 is 11.8 Å². The summed E-state index contributed by atoms with van der Waals surface area (Å²) in [4.78, 5) is 5.28. The van der Waals surface area contributed by atoms with Gasteiger partial charge in [0.25, 0.3) is 0 Å². The van der Waals surface area contributed by atoms with Gasteiger partial charge < -0.3 is 10.2 Å². The van der Waals surface area contributed by atoms with Crippen molar-refractivity contribution in [1.29, 1.82) is 0 Å². The average molecular weight is 310 g/mol. The second-order valence-electron chi connectivity index (χ2n) is 6.30. The van der Waals surface area contributed by atoms with Crippen molar-refractivity contribution < 1.29 is 0 Å². The zero-order chi connectivity index (χ0) is 14.9. The zero-order valence-corrected chi connectivity index (χ0v) is 13.9. The van der Waals surface area contributed by atoms with Gasteiger partial charge in [-0.2, -0.15) is 0 Å². The first-order valence-corrected chi connectivity index (χ1v) is 9.01. The molecule has 22 heavy (non-hydrogen) atoms. The monoisotopic (exact) mass is 310 g/mol. The predicted octanol–water partition coefficient (Wildman–Crippen LogP) is 4.84. The molecule has 0 unspecified atom stereocenters. The van der Waals surface area contributed by atoms with Crippen LogP contribution in [0, 0.1) is 6.92 Å². The summed E-state index contributed by atoms with van der Waals surface area (Å²) in [6.45, 7) is 5.94. The fourth-order valence-electron chi connectivity index (χ4n) is 3.34. The summed E-state index contributed by atoms with van der Waals surface area (Å²) in [6, 6.07) is 13.4. The molecule has 3 heteroatoms. The Morgan fingerprint density at radius 2 is 1.95 bits per heavy atom. The molecule has 0 spiro atoms. The van der Waals surface area contributed by atoms with Crippen LogP contribution in [-0.2, 0) is 6.42 Å². The van der Waals surface area contributed by atoms with E-state index in [1.54, 1.807) is 0 Å². The van der Waals surface area contributed by atoms with E-state index in [1.165, 1.54) is 64.8 Å². The van der Waals surface area contributed by atoms with Crippen LogP contribution in [0.3, 0.4) is 0 Å². The lowest BCUT2D eigenvalue weighted by Gasteiger charge is -2.23. The van der Waals surface area contributed by atoms with Crippen molar-refractivity contribution in [2.24, 2.45) is 0 Å². The van der Waals surface area contributed by atoms with E-state index in [2.05, 4.69) is 53.5 Å². The number of para-hydroxylation sites is 1. The Morgan fingerprint density at radius 3 is 2.82 bits per heavy atom. The minimum absolute atomic E-state index is 1.16. The Balaban J connectivity index is 1.52. The van der Waals surface area contributed by atoms with Gasteiger partial charge in [-0.15, -0.1) is 0 Å². The molecule has 1 fully saturated rings. The summed E-state index contributed by atoms with van der Waals surface area (Å²) >= 11 is 1.89. The summed E-state index contributed by atoms with van der Waals surface area (Å²) in [5.41, 5.74) is 5.28. The highest BCUT2D eigenvalue weighted by Gasteiger charge is 2.17. The average Bonchev–Trinajstić information content (AvgIpc) is 3.05. The molecule has 2 aromatic carbocycles. The van der Waals surface area contributed by atoms with Crippen molar-refractivity contribution in [3.8, 4) is 0 Å². The minimum Gasteiger partial charge on any atom is -0.353 e. The Labute approximate surface area is 136 Å². The number of hydrogen-bond acceptors (Lipinski definition) is 3. The maximum Gasteiger partial charge on any atom is 0.0556 e. The molecule has 1 N–H and O–H groups in total. The highest BCUT2D eigenvalue weighted by Crippen LogP contribution is 2.45. The van der Waals surface area contributed by atoms with E-state index in [1.807, 2.05) is 11.8 Å². The summed E-state index contributed by atoms with van der Waals surface area (Å²) in [6.07, 6.45) is 3.91. The number of benzene rings is 2. The molecule has 0 aliphatic carbocycles. The number of anilines is 2. The van der Waals surface area contributed by atoms with Crippen molar-refractivity contribution in [2.75, 3.05) is 25.0 Å². The molecule has 0 amide bonds. The Kier molecular flexibility index (Phi) is 3.85. The van der Waals surface area contributed by atoms with Crippen LogP contribution < -0.4 is 5.32 Å². The number of likely N-dealkylation sites (tertiary alicyclic amines) is 1. The molecule has 114 valence electrons. The lowest BCUT2D eigenvalue weighted by molar-refractivity contribution is 0.343. The van der Waals surface area contributed by atoms with Crippen LogP contribution in [0.25, 0.3) is 0 Å². The van der Waals surface area contributed by atoms with Gasteiger partial charge in [0.15, 0.2) is 0 Å².